The van der Waals surface area contributed by atoms with Crippen LogP contribution in [0.2, 0.25) is 0 Å². The number of amides is 2. The molecular weight excluding hydrogens is 459 g/mol. The first-order valence-electron chi connectivity index (χ1n) is 12.6. The Morgan fingerprint density at radius 1 is 1.17 bits per heavy atom. The van der Waals surface area contributed by atoms with Crippen molar-refractivity contribution >= 4 is 6.03 Å². The molecule has 192 valence electrons. The first-order chi connectivity index (χ1) is 17.3. The maximum atomic E-state index is 14.7. The van der Waals surface area contributed by atoms with Crippen molar-refractivity contribution in [2.45, 2.75) is 65.1 Å². The smallest absolute Gasteiger partial charge is 0.317 e. The molecule has 2 amide bonds. The molecule has 8 heteroatoms. The van der Waals surface area contributed by atoms with Gasteiger partial charge in [0.1, 0.15) is 0 Å². The molecule has 1 aliphatic rings. The molecule has 1 fully saturated rings. The third-order valence-corrected chi connectivity index (χ3v) is 6.05. The van der Waals surface area contributed by atoms with Gasteiger partial charge in [0.15, 0.2) is 11.6 Å². The van der Waals surface area contributed by atoms with Gasteiger partial charge in [-0.25, -0.2) is 13.9 Å². The summed E-state index contributed by atoms with van der Waals surface area (Å²) >= 11 is 0. The van der Waals surface area contributed by atoms with Crippen LogP contribution in [0, 0.1) is 5.82 Å². The van der Waals surface area contributed by atoms with Gasteiger partial charge in [-0.05, 0) is 56.9 Å². The zero-order valence-electron chi connectivity index (χ0n) is 21.4. The van der Waals surface area contributed by atoms with E-state index in [2.05, 4.69) is 5.32 Å². The fourth-order valence-electron chi connectivity index (χ4n) is 4.33. The fourth-order valence-corrected chi connectivity index (χ4v) is 4.33. The predicted molar refractivity (Wildman–Crippen MR) is 137 cm³/mol. The van der Waals surface area contributed by atoms with E-state index in [0.717, 1.165) is 29.8 Å². The Labute approximate surface area is 212 Å². The molecule has 1 N–H and O–H groups in total. The van der Waals surface area contributed by atoms with Gasteiger partial charge in [0.2, 0.25) is 5.88 Å². The number of halogens is 1. The van der Waals surface area contributed by atoms with Crippen LogP contribution in [-0.4, -0.2) is 46.0 Å². The maximum Gasteiger partial charge on any atom is 0.317 e. The van der Waals surface area contributed by atoms with Crippen LogP contribution < -0.4 is 10.1 Å². The third-order valence-electron chi connectivity index (χ3n) is 6.05. The van der Waals surface area contributed by atoms with E-state index >= 15 is 0 Å². The standard InChI is InChI=1S/C28H35FN4O3/c1-19(2)26-23(18-32(28(34)30-20(3)4)17-22-13-10-16-35-22)27(36-25-15-9-8-14-24(25)29)33(31-26)21-11-6-5-7-12-21/h5-9,11-12,14-15,19-20,22H,10,13,16-18H2,1-4H3,(H,30,34)/t22-/m1/s1. The van der Waals surface area contributed by atoms with Crippen LogP contribution in [0.25, 0.3) is 5.69 Å². The molecule has 3 aromatic rings. The molecule has 0 spiro atoms. The number of aromatic nitrogens is 2. The van der Waals surface area contributed by atoms with E-state index in [4.69, 9.17) is 14.6 Å². The molecule has 7 nitrogen and oxygen atoms in total. The number of hydrogen-bond acceptors (Lipinski definition) is 4. The first kappa shape index (κ1) is 25.7. The summed E-state index contributed by atoms with van der Waals surface area (Å²) in [5, 5.41) is 7.90. The number of urea groups is 1. The van der Waals surface area contributed by atoms with Crippen molar-refractivity contribution in [1.82, 2.24) is 20.0 Å². The number of rotatable bonds is 9. The van der Waals surface area contributed by atoms with Gasteiger partial charge in [-0.3, -0.25) is 0 Å². The number of carbonyl (C=O) groups is 1. The second kappa shape index (κ2) is 11.6. The molecule has 0 radical (unpaired) electrons. The fraction of sp³-hybridized carbons (Fsp3) is 0.429. The van der Waals surface area contributed by atoms with Crippen LogP contribution in [0.5, 0.6) is 11.6 Å². The summed E-state index contributed by atoms with van der Waals surface area (Å²) < 4.78 is 28.4. The molecule has 0 unspecified atom stereocenters. The summed E-state index contributed by atoms with van der Waals surface area (Å²) in [6.45, 7) is 9.37. The van der Waals surface area contributed by atoms with Crippen LogP contribution in [0.4, 0.5) is 9.18 Å². The monoisotopic (exact) mass is 494 g/mol. The molecule has 1 atom stereocenters. The van der Waals surface area contributed by atoms with E-state index in [9.17, 15) is 9.18 Å². The van der Waals surface area contributed by atoms with E-state index in [1.54, 1.807) is 27.8 Å². The van der Waals surface area contributed by atoms with Crippen molar-refractivity contribution in [3.05, 3.63) is 71.7 Å². The van der Waals surface area contributed by atoms with Gasteiger partial charge in [0, 0.05) is 19.2 Å². The highest BCUT2D eigenvalue weighted by molar-refractivity contribution is 5.74. The third kappa shape index (κ3) is 6.05. The summed E-state index contributed by atoms with van der Waals surface area (Å²) in [5.41, 5.74) is 2.32. The quantitative estimate of drug-likeness (QED) is 0.395. The summed E-state index contributed by atoms with van der Waals surface area (Å²) in [5.74, 6) is 0.0722. The molecular formula is C28H35FN4O3. The van der Waals surface area contributed by atoms with E-state index in [1.807, 2.05) is 58.0 Å². The minimum absolute atomic E-state index is 0.0183. The Hall–Kier alpha value is -3.39. The highest BCUT2D eigenvalue weighted by atomic mass is 19.1. The number of hydrogen-bond donors (Lipinski definition) is 1. The highest BCUT2D eigenvalue weighted by Gasteiger charge is 2.29. The Morgan fingerprint density at radius 2 is 1.89 bits per heavy atom. The minimum Gasteiger partial charge on any atom is -0.435 e. The largest absolute Gasteiger partial charge is 0.435 e. The van der Waals surface area contributed by atoms with E-state index in [0.29, 0.717) is 19.0 Å². The van der Waals surface area contributed by atoms with Crippen molar-refractivity contribution in [3.63, 3.8) is 0 Å². The molecule has 0 bridgehead atoms. The number of carbonyl (C=O) groups excluding carboxylic acids is 1. The maximum absolute atomic E-state index is 14.7. The summed E-state index contributed by atoms with van der Waals surface area (Å²) in [6.07, 6.45) is 1.87. The SMILES string of the molecule is CC(C)NC(=O)N(Cc1c(C(C)C)nn(-c2ccccc2)c1Oc1ccccc1F)C[C@H]1CCCO1. The Kier molecular flexibility index (Phi) is 8.25. The number of ether oxygens (including phenoxy) is 2. The number of benzene rings is 2. The Balaban J connectivity index is 1.80. The molecule has 1 aliphatic heterocycles. The van der Waals surface area contributed by atoms with Crippen molar-refractivity contribution in [2.75, 3.05) is 13.2 Å². The normalized spacial score (nSPS) is 15.5. The molecule has 0 aliphatic carbocycles. The van der Waals surface area contributed by atoms with Crippen LogP contribution in [0.3, 0.4) is 0 Å². The second-order valence-corrected chi connectivity index (χ2v) is 9.72. The van der Waals surface area contributed by atoms with Gasteiger partial charge in [0.05, 0.1) is 29.6 Å². The molecule has 0 saturated carbocycles. The lowest BCUT2D eigenvalue weighted by atomic mass is 10.1. The first-order valence-corrected chi connectivity index (χ1v) is 12.6. The molecule has 4 rings (SSSR count). The van der Waals surface area contributed by atoms with Gasteiger partial charge in [-0.15, -0.1) is 0 Å². The van der Waals surface area contributed by atoms with Crippen molar-refractivity contribution in [2.24, 2.45) is 0 Å². The van der Waals surface area contributed by atoms with Gasteiger partial charge >= 0.3 is 6.03 Å². The van der Waals surface area contributed by atoms with Gasteiger partial charge < -0.3 is 19.7 Å². The second-order valence-electron chi connectivity index (χ2n) is 9.72. The zero-order valence-corrected chi connectivity index (χ0v) is 21.4. The van der Waals surface area contributed by atoms with Crippen LogP contribution in [0.1, 0.15) is 57.7 Å². The Bertz CT molecular complexity index is 1160. The number of nitrogens with zero attached hydrogens (tertiary/aromatic N) is 3. The topological polar surface area (TPSA) is 68.6 Å². The average molecular weight is 495 g/mol. The number of nitrogens with one attached hydrogen (secondary N) is 1. The predicted octanol–water partition coefficient (Wildman–Crippen LogP) is 6.03. The van der Waals surface area contributed by atoms with Crippen LogP contribution >= 0.6 is 0 Å². The highest BCUT2D eigenvalue weighted by Crippen LogP contribution is 2.35. The molecule has 2 aromatic carbocycles. The number of para-hydroxylation sites is 2. The molecule has 1 aromatic heterocycles. The van der Waals surface area contributed by atoms with Crippen molar-refractivity contribution in [1.29, 1.82) is 0 Å². The lowest BCUT2D eigenvalue weighted by Crippen LogP contribution is -2.45. The zero-order chi connectivity index (χ0) is 25.7. The van der Waals surface area contributed by atoms with E-state index < -0.39 is 5.82 Å². The summed E-state index contributed by atoms with van der Waals surface area (Å²) in [6, 6.07) is 15.7. The summed E-state index contributed by atoms with van der Waals surface area (Å²) in [7, 11) is 0. The molecule has 2 heterocycles. The average Bonchev–Trinajstić information content (AvgIpc) is 3.48. The van der Waals surface area contributed by atoms with E-state index in [1.165, 1.54) is 6.07 Å². The van der Waals surface area contributed by atoms with Gasteiger partial charge in [-0.1, -0.05) is 44.2 Å². The lowest BCUT2D eigenvalue weighted by molar-refractivity contribution is 0.0788. The van der Waals surface area contributed by atoms with E-state index in [-0.39, 0.29) is 36.4 Å². The van der Waals surface area contributed by atoms with Crippen LogP contribution in [-0.2, 0) is 11.3 Å². The Morgan fingerprint density at radius 3 is 2.53 bits per heavy atom. The minimum atomic E-state index is -0.468. The van der Waals surface area contributed by atoms with Crippen molar-refractivity contribution < 1.29 is 18.7 Å². The van der Waals surface area contributed by atoms with Crippen molar-refractivity contribution in [3.8, 4) is 17.3 Å². The van der Waals surface area contributed by atoms with Gasteiger partial charge in [0.25, 0.3) is 0 Å². The molecule has 36 heavy (non-hydrogen) atoms. The molecule has 1 saturated heterocycles. The summed E-state index contributed by atoms with van der Waals surface area (Å²) in [4.78, 5) is 15.0. The van der Waals surface area contributed by atoms with Crippen LogP contribution in [0.15, 0.2) is 54.6 Å². The lowest BCUT2D eigenvalue weighted by Gasteiger charge is -2.27. The van der Waals surface area contributed by atoms with Gasteiger partial charge in [-0.2, -0.15) is 5.10 Å².